The zero-order chi connectivity index (χ0) is 14.9. The van der Waals surface area contributed by atoms with Crippen molar-refractivity contribution in [3.8, 4) is 0 Å². The predicted molar refractivity (Wildman–Crippen MR) is 97.7 cm³/mol. The number of hydrogen-bond donors (Lipinski definition) is 0. The topological polar surface area (TPSA) is 26.3 Å². The van der Waals surface area contributed by atoms with Gasteiger partial charge in [-0.3, -0.25) is 0 Å². The Hall–Kier alpha value is 0.200. The fourth-order valence-electron chi connectivity index (χ4n) is 2.28. The second kappa shape index (κ2) is 17.3. The van der Waals surface area contributed by atoms with Gasteiger partial charge in [0.1, 0.15) is 0 Å². The van der Waals surface area contributed by atoms with Crippen molar-refractivity contribution in [2.45, 2.75) is 90.9 Å². The molecule has 122 valence electrons. The molecule has 0 spiro atoms. The summed E-state index contributed by atoms with van der Waals surface area (Å²) in [5.74, 6) is 0. The van der Waals surface area contributed by atoms with Crippen LogP contribution in [0.3, 0.4) is 0 Å². The number of carbonyl (C=O) groups excluding carboxylic acids is 1. The Morgan fingerprint density at radius 3 is 1.50 bits per heavy atom. The van der Waals surface area contributed by atoms with Gasteiger partial charge in [-0.25, -0.2) is 0 Å². The quantitative estimate of drug-likeness (QED) is 0.132. The minimum absolute atomic E-state index is 0.707. The summed E-state index contributed by atoms with van der Waals surface area (Å²) in [6.45, 7) is 5.21. The van der Waals surface area contributed by atoms with Gasteiger partial charge in [0.05, 0.1) is 0 Å². The SMILES string of the molecule is CCCCCCCCI(CCCCCCCC)OC=O. The molecule has 0 aliphatic rings. The third-order valence-electron chi connectivity index (χ3n) is 3.56. The molecule has 0 atom stereocenters. The van der Waals surface area contributed by atoms with Crippen molar-refractivity contribution in [1.82, 2.24) is 0 Å². The third-order valence-corrected chi connectivity index (χ3v) is 8.42. The molecule has 0 N–H and O–H groups in total. The first-order valence-electron chi connectivity index (χ1n) is 8.57. The summed E-state index contributed by atoms with van der Waals surface area (Å²) in [5.41, 5.74) is 0. The molecule has 0 bridgehead atoms. The summed E-state index contributed by atoms with van der Waals surface area (Å²) >= 11 is -1.40. The van der Waals surface area contributed by atoms with Crippen LogP contribution in [0.1, 0.15) is 90.9 Å². The predicted octanol–water partition coefficient (Wildman–Crippen LogP) is 6.30. The van der Waals surface area contributed by atoms with E-state index in [-0.39, 0.29) is 0 Å². The zero-order valence-electron chi connectivity index (χ0n) is 13.7. The van der Waals surface area contributed by atoms with Crippen LogP contribution in [0.4, 0.5) is 0 Å². The van der Waals surface area contributed by atoms with E-state index in [4.69, 9.17) is 3.07 Å². The number of carbonyl (C=O) groups is 1. The average molecular weight is 398 g/mol. The molecule has 3 heteroatoms. The van der Waals surface area contributed by atoms with E-state index in [0.29, 0.717) is 6.47 Å². The van der Waals surface area contributed by atoms with E-state index < -0.39 is 20.2 Å². The van der Waals surface area contributed by atoms with Gasteiger partial charge in [0, 0.05) is 0 Å². The fraction of sp³-hybridized carbons (Fsp3) is 0.941. The summed E-state index contributed by atoms with van der Waals surface area (Å²) < 4.78 is 7.80. The molecule has 0 radical (unpaired) electrons. The van der Waals surface area contributed by atoms with E-state index in [1.165, 1.54) is 85.9 Å². The van der Waals surface area contributed by atoms with Gasteiger partial charge in [-0.2, -0.15) is 0 Å². The van der Waals surface area contributed by atoms with Gasteiger partial charge in [-0.1, -0.05) is 0 Å². The van der Waals surface area contributed by atoms with E-state index in [9.17, 15) is 4.79 Å². The summed E-state index contributed by atoms with van der Waals surface area (Å²) in [4.78, 5) is 10.6. The van der Waals surface area contributed by atoms with Gasteiger partial charge in [-0.05, 0) is 0 Å². The summed E-state index contributed by atoms with van der Waals surface area (Å²) in [6, 6.07) is 0. The van der Waals surface area contributed by atoms with Crippen LogP contribution in [-0.2, 0) is 7.86 Å². The minimum atomic E-state index is -1.40. The number of rotatable bonds is 16. The van der Waals surface area contributed by atoms with Crippen molar-refractivity contribution >= 4 is 26.7 Å². The zero-order valence-corrected chi connectivity index (χ0v) is 15.8. The van der Waals surface area contributed by atoms with E-state index in [0.717, 1.165) is 0 Å². The summed E-state index contributed by atoms with van der Waals surface area (Å²) in [5, 5.41) is 0. The molecule has 0 rings (SSSR count). The second-order valence-corrected chi connectivity index (χ2v) is 10.5. The van der Waals surface area contributed by atoms with Crippen LogP contribution in [0.15, 0.2) is 0 Å². The molecular weight excluding hydrogens is 363 g/mol. The molecular formula is C17H35IO2. The van der Waals surface area contributed by atoms with Gasteiger partial charge in [-0.15, -0.1) is 0 Å². The molecule has 0 fully saturated rings. The van der Waals surface area contributed by atoms with Crippen LogP contribution >= 0.6 is 20.2 Å². The van der Waals surface area contributed by atoms with Crippen LogP contribution in [0, 0.1) is 0 Å². The first kappa shape index (κ1) is 20.2. The van der Waals surface area contributed by atoms with Crippen LogP contribution in [-0.4, -0.2) is 15.3 Å². The summed E-state index contributed by atoms with van der Waals surface area (Å²) in [7, 11) is 0. The molecule has 20 heavy (non-hydrogen) atoms. The molecule has 0 aromatic rings. The van der Waals surface area contributed by atoms with Crippen molar-refractivity contribution in [3.05, 3.63) is 0 Å². The normalized spacial score (nSPS) is 11.4. The fourth-order valence-corrected chi connectivity index (χ4v) is 6.40. The van der Waals surface area contributed by atoms with Gasteiger partial charge >= 0.3 is 134 Å². The molecule has 0 unspecified atom stereocenters. The van der Waals surface area contributed by atoms with Gasteiger partial charge in [0.15, 0.2) is 0 Å². The monoisotopic (exact) mass is 398 g/mol. The molecule has 0 aromatic carbocycles. The first-order chi connectivity index (χ1) is 9.85. The van der Waals surface area contributed by atoms with Crippen LogP contribution in [0.5, 0.6) is 0 Å². The standard InChI is InChI=1S/C17H35IO2/c1-3-5-7-9-11-13-15-18(20-17-19)16-14-12-10-8-6-4-2/h17H,3-16H2,1-2H3. The number of halogens is 1. The van der Waals surface area contributed by atoms with E-state index in [1.807, 2.05) is 0 Å². The maximum atomic E-state index is 10.6. The Labute approximate surface area is 134 Å². The van der Waals surface area contributed by atoms with Crippen molar-refractivity contribution in [2.24, 2.45) is 0 Å². The first-order valence-corrected chi connectivity index (χ1v) is 12.5. The number of unbranched alkanes of at least 4 members (excludes halogenated alkanes) is 10. The Kier molecular flexibility index (Phi) is 17.4. The number of hydrogen-bond acceptors (Lipinski definition) is 2. The Morgan fingerprint density at radius 1 is 0.700 bits per heavy atom. The van der Waals surface area contributed by atoms with Crippen molar-refractivity contribution < 1.29 is 7.86 Å². The van der Waals surface area contributed by atoms with Crippen LogP contribution in [0.2, 0.25) is 0 Å². The van der Waals surface area contributed by atoms with E-state index >= 15 is 0 Å². The molecule has 0 aliphatic heterocycles. The van der Waals surface area contributed by atoms with E-state index in [1.54, 1.807) is 0 Å². The van der Waals surface area contributed by atoms with Gasteiger partial charge in [0.25, 0.3) is 0 Å². The van der Waals surface area contributed by atoms with Gasteiger partial charge in [0.2, 0.25) is 0 Å². The molecule has 0 aliphatic carbocycles. The molecule has 0 saturated carbocycles. The molecule has 2 nitrogen and oxygen atoms in total. The van der Waals surface area contributed by atoms with E-state index in [2.05, 4.69) is 13.8 Å². The summed E-state index contributed by atoms with van der Waals surface area (Å²) in [6.07, 6.45) is 16.0. The molecule has 0 saturated heterocycles. The number of alkyl halides is 2. The average Bonchev–Trinajstić information content (AvgIpc) is 2.46. The molecule has 0 heterocycles. The third kappa shape index (κ3) is 14.6. The maximum absolute atomic E-state index is 10.6. The van der Waals surface area contributed by atoms with Crippen molar-refractivity contribution in [3.63, 3.8) is 0 Å². The Bertz CT molecular complexity index is 181. The Morgan fingerprint density at radius 2 is 1.10 bits per heavy atom. The van der Waals surface area contributed by atoms with Crippen LogP contribution < -0.4 is 0 Å². The van der Waals surface area contributed by atoms with Crippen molar-refractivity contribution in [1.29, 1.82) is 0 Å². The van der Waals surface area contributed by atoms with Crippen LogP contribution in [0.25, 0.3) is 0 Å². The molecule has 0 aromatic heterocycles. The molecule has 0 amide bonds. The Balaban J connectivity index is 3.47. The second-order valence-electron chi connectivity index (χ2n) is 5.51. The van der Waals surface area contributed by atoms with Gasteiger partial charge < -0.3 is 0 Å². The van der Waals surface area contributed by atoms with Crippen molar-refractivity contribution in [2.75, 3.05) is 8.86 Å².